The van der Waals surface area contributed by atoms with Gasteiger partial charge >= 0.3 is 18.9 Å². The van der Waals surface area contributed by atoms with Crippen LogP contribution in [0.4, 0.5) is 0 Å². The van der Waals surface area contributed by atoms with Crippen LogP contribution in [-0.4, -0.2) is 23.4 Å². The molecule has 0 spiro atoms. The van der Waals surface area contributed by atoms with Crippen molar-refractivity contribution >= 4 is 31.9 Å². The Kier molecular flexibility index (Phi) is 5.94. The second-order valence-corrected chi connectivity index (χ2v) is 3.63. The van der Waals surface area contributed by atoms with Gasteiger partial charge < -0.3 is 23.5 Å². The Morgan fingerprint density at radius 1 is 1.38 bits per heavy atom. The van der Waals surface area contributed by atoms with Gasteiger partial charge in [0.15, 0.2) is 0 Å². The third kappa shape index (κ3) is 2.94. The molecule has 0 radical (unpaired) electrons. The van der Waals surface area contributed by atoms with Gasteiger partial charge in [0.25, 0.3) is 0 Å². The van der Waals surface area contributed by atoms with Crippen LogP contribution in [0.25, 0.3) is 0 Å². The van der Waals surface area contributed by atoms with Gasteiger partial charge in [0.2, 0.25) is 0 Å². The standard InChI is InChI=1S/C10H13N4.Li.H2S/c1-7(2)9-4-5-11-10-13-8(3)6-12-14(9)10;;/h4-7H,1-3H3;;1H2/q-1;+1;/p-1. The van der Waals surface area contributed by atoms with Crippen molar-refractivity contribution in [2.45, 2.75) is 20.8 Å². The van der Waals surface area contributed by atoms with Crippen LogP contribution in [0.15, 0.2) is 26.9 Å². The Balaban J connectivity index is 0.00000112. The van der Waals surface area contributed by atoms with Gasteiger partial charge in [0.05, 0.1) is 5.96 Å². The van der Waals surface area contributed by atoms with Gasteiger partial charge in [-0.1, -0.05) is 26.8 Å². The minimum absolute atomic E-state index is 0. The average Bonchev–Trinajstić information content (AvgIpc) is 2.16. The quantitative estimate of drug-likeness (QED) is 0.239. The molecule has 0 N–H and O–H groups in total. The molecular weight excluding hydrogens is 215 g/mol. The summed E-state index contributed by atoms with van der Waals surface area (Å²) in [5, 5.41) is 6.08. The van der Waals surface area contributed by atoms with Crippen molar-refractivity contribution in [2.24, 2.45) is 21.0 Å². The summed E-state index contributed by atoms with van der Waals surface area (Å²) in [6, 6.07) is 0.887. The Hall–Kier alpha value is -0.633. The Bertz CT molecular complexity index is 360. The van der Waals surface area contributed by atoms with Gasteiger partial charge in [-0.2, -0.15) is 0 Å². The van der Waals surface area contributed by atoms with Crippen LogP contribution in [-0.2, 0) is 13.5 Å². The third-order valence-corrected chi connectivity index (χ3v) is 2.10. The van der Waals surface area contributed by atoms with Gasteiger partial charge in [0, 0.05) is 11.9 Å². The molecule has 0 bridgehead atoms. The zero-order chi connectivity index (χ0) is 10.1. The Morgan fingerprint density at radius 3 is 2.69 bits per heavy atom. The molecule has 0 aromatic rings. The van der Waals surface area contributed by atoms with Crippen LogP contribution in [0.2, 0.25) is 0 Å². The second-order valence-electron chi connectivity index (χ2n) is 3.63. The SMILES string of the molecule is C[C-]1C=NN2C(C(C)C)=CC=NC2=N1.[Li+].[SH-]. The molecule has 0 unspecified atom stereocenters. The summed E-state index contributed by atoms with van der Waals surface area (Å²) < 4.78 is 0. The summed E-state index contributed by atoms with van der Waals surface area (Å²) in [7, 11) is 0. The molecule has 0 atom stereocenters. The third-order valence-electron chi connectivity index (χ3n) is 2.10. The number of hydrogen-bond donors (Lipinski definition) is 0. The first-order valence-corrected chi connectivity index (χ1v) is 4.69. The zero-order valence-corrected chi connectivity index (χ0v) is 10.9. The minimum Gasteiger partial charge on any atom is -0.813 e. The molecule has 2 heterocycles. The van der Waals surface area contributed by atoms with Crippen molar-refractivity contribution < 1.29 is 18.9 Å². The molecule has 0 saturated heterocycles. The maximum absolute atomic E-state index is 4.31. The maximum Gasteiger partial charge on any atom is 1.00 e. The van der Waals surface area contributed by atoms with Crippen molar-refractivity contribution in [1.29, 1.82) is 0 Å². The number of aliphatic imine (C=N–C) groups is 2. The van der Waals surface area contributed by atoms with E-state index in [1.54, 1.807) is 17.4 Å². The van der Waals surface area contributed by atoms with Crippen molar-refractivity contribution in [2.75, 3.05) is 0 Å². The van der Waals surface area contributed by atoms with Gasteiger partial charge in [-0.05, 0) is 18.2 Å². The predicted molar refractivity (Wildman–Crippen MR) is 66.9 cm³/mol. The smallest absolute Gasteiger partial charge is 0.813 e. The van der Waals surface area contributed by atoms with Crippen LogP contribution < -0.4 is 18.9 Å². The van der Waals surface area contributed by atoms with E-state index in [9.17, 15) is 0 Å². The van der Waals surface area contributed by atoms with Crippen molar-refractivity contribution in [1.82, 2.24) is 5.01 Å². The number of nitrogens with zero attached hydrogens (tertiary/aromatic N) is 4. The van der Waals surface area contributed by atoms with E-state index in [-0.39, 0.29) is 32.4 Å². The van der Waals surface area contributed by atoms with Gasteiger partial charge in [-0.3, -0.25) is 5.01 Å². The van der Waals surface area contributed by atoms with E-state index in [0.29, 0.717) is 11.9 Å². The summed E-state index contributed by atoms with van der Waals surface area (Å²) in [6.07, 6.45) is 5.50. The molecule has 2 rings (SSSR count). The number of thiol groups is 1. The molecule has 0 aromatic carbocycles. The number of allylic oxidation sites excluding steroid dienone is 2. The summed E-state index contributed by atoms with van der Waals surface area (Å²) in [5.74, 6) is 1.08. The number of rotatable bonds is 1. The van der Waals surface area contributed by atoms with Crippen LogP contribution >= 0.6 is 0 Å². The Morgan fingerprint density at radius 2 is 2.06 bits per heavy atom. The second kappa shape index (κ2) is 6.19. The molecule has 0 aromatic heterocycles. The fourth-order valence-corrected chi connectivity index (χ4v) is 1.38. The molecule has 4 nitrogen and oxygen atoms in total. The summed E-state index contributed by atoms with van der Waals surface area (Å²) in [5.41, 5.74) is 1.13. The largest absolute Gasteiger partial charge is 1.00 e. The zero-order valence-electron chi connectivity index (χ0n) is 10.0. The molecule has 0 saturated carbocycles. The summed E-state index contributed by atoms with van der Waals surface area (Å²) >= 11 is 0. The molecular formula is C10H14LiN4S-. The molecule has 0 fully saturated rings. The van der Waals surface area contributed by atoms with E-state index in [1.165, 1.54) is 0 Å². The van der Waals surface area contributed by atoms with E-state index in [1.807, 2.05) is 13.0 Å². The van der Waals surface area contributed by atoms with Crippen LogP contribution in [0.3, 0.4) is 0 Å². The Labute approximate surface area is 115 Å². The first-order chi connectivity index (χ1) is 6.68. The fourth-order valence-electron chi connectivity index (χ4n) is 1.38. The number of guanidine groups is 1. The molecule has 6 heteroatoms. The van der Waals surface area contributed by atoms with Crippen LogP contribution in [0, 0.1) is 12.0 Å². The molecule has 16 heavy (non-hydrogen) atoms. The number of fused-ring (bicyclic) bond motifs is 1. The van der Waals surface area contributed by atoms with Crippen LogP contribution in [0.5, 0.6) is 0 Å². The van der Waals surface area contributed by atoms with E-state index in [4.69, 9.17) is 0 Å². The summed E-state index contributed by atoms with van der Waals surface area (Å²) in [4.78, 5) is 8.48. The monoisotopic (exact) mass is 229 g/mol. The van der Waals surface area contributed by atoms with Crippen molar-refractivity contribution in [3.8, 4) is 0 Å². The molecule has 2 aliphatic heterocycles. The summed E-state index contributed by atoms with van der Waals surface area (Å²) in [6.45, 7) is 6.17. The topological polar surface area (TPSA) is 40.3 Å². The fraction of sp³-hybridized carbons (Fsp3) is 0.400. The molecule has 2 aliphatic rings. The molecule has 82 valence electrons. The van der Waals surface area contributed by atoms with Gasteiger partial charge in [-0.15, -0.1) is 0 Å². The van der Waals surface area contributed by atoms with E-state index in [2.05, 4.69) is 28.9 Å². The van der Waals surface area contributed by atoms with E-state index < -0.39 is 0 Å². The predicted octanol–water partition coefficient (Wildman–Crippen LogP) is -1.45. The maximum atomic E-state index is 4.31. The van der Waals surface area contributed by atoms with E-state index in [0.717, 1.165) is 11.7 Å². The van der Waals surface area contributed by atoms with Crippen molar-refractivity contribution in [3.63, 3.8) is 0 Å². The number of hydrogen-bond acceptors (Lipinski definition) is 5. The van der Waals surface area contributed by atoms with Crippen LogP contribution in [0.1, 0.15) is 20.8 Å². The van der Waals surface area contributed by atoms with Crippen molar-refractivity contribution in [3.05, 3.63) is 17.8 Å². The molecule has 0 amide bonds. The first-order valence-electron chi connectivity index (χ1n) is 4.69. The normalized spacial score (nSPS) is 17.2. The van der Waals surface area contributed by atoms with Gasteiger partial charge in [0.1, 0.15) is 0 Å². The molecule has 0 aliphatic carbocycles. The van der Waals surface area contributed by atoms with Gasteiger partial charge in [-0.25, -0.2) is 5.10 Å². The number of hydrazone groups is 1. The van der Waals surface area contributed by atoms with E-state index >= 15 is 0 Å². The minimum atomic E-state index is 0. The average molecular weight is 229 g/mol. The first kappa shape index (κ1) is 15.4.